The lowest BCUT2D eigenvalue weighted by Crippen LogP contribution is -2.56. The maximum Gasteiger partial charge on any atom is 0.0218 e. The minimum absolute atomic E-state index is 0.269. The molecule has 2 unspecified atom stereocenters. The molecule has 0 aromatic heterocycles. The van der Waals surface area contributed by atoms with E-state index in [1.165, 1.54) is 32.5 Å². The number of rotatable bonds is 6. The summed E-state index contributed by atoms with van der Waals surface area (Å²) in [4.78, 5) is 5.15. The predicted molar refractivity (Wildman–Crippen MR) is 80.1 cm³/mol. The van der Waals surface area contributed by atoms with E-state index in [-0.39, 0.29) is 5.54 Å². The summed E-state index contributed by atoms with van der Waals surface area (Å²) in [5.41, 5.74) is 0.269. The predicted octanol–water partition coefficient (Wildman–Crippen LogP) is 2.18. The van der Waals surface area contributed by atoms with Gasteiger partial charge >= 0.3 is 0 Å². The van der Waals surface area contributed by atoms with Crippen LogP contribution in [0.15, 0.2) is 0 Å². The largest absolute Gasteiger partial charge is 0.310 e. The SMILES string of the molecule is CCC1CN(C(C)CNC(C)(C)CC)CCN1C. The van der Waals surface area contributed by atoms with Crippen LogP contribution in [0.25, 0.3) is 0 Å². The molecule has 1 rings (SSSR count). The van der Waals surface area contributed by atoms with Crippen LogP contribution in [0.1, 0.15) is 47.5 Å². The Labute approximate surface area is 114 Å². The van der Waals surface area contributed by atoms with Gasteiger partial charge in [-0.05, 0) is 40.7 Å². The van der Waals surface area contributed by atoms with Gasteiger partial charge in [0, 0.05) is 43.8 Å². The molecule has 0 aromatic rings. The highest BCUT2D eigenvalue weighted by Gasteiger charge is 2.26. The van der Waals surface area contributed by atoms with E-state index in [9.17, 15) is 0 Å². The number of hydrogen-bond donors (Lipinski definition) is 1. The molecule has 0 bridgehead atoms. The standard InChI is InChI=1S/C15H33N3/c1-7-14-12-18(10-9-17(14)6)13(3)11-16-15(4,5)8-2/h13-14,16H,7-12H2,1-6H3. The normalized spacial score (nSPS) is 25.3. The summed E-state index contributed by atoms with van der Waals surface area (Å²) in [7, 11) is 2.26. The van der Waals surface area contributed by atoms with Crippen LogP contribution < -0.4 is 5.32 Å². The van der Waals surface area contributed by atoms with E-state index in [1.54, 1.807) is 0 Å². The summed E-state index contributed by atoms with van der Waals surface area (Å²) in [6.45, 7) is 16.2. The lowest BCUT2D eigenvalue weighted by atomic mass is 10.0. The van der Waals surface area contributed by atoms with Crippen LogP contribution in [0, 0.1) is 0 Å². The Balaban J connectivity index is 2.40. The minimum Gasteiger partial charge on any atom is -0.310 e. The van der Waals surface area contributed by atoms with Crippen LogP contribution in [-0.4, -0.2) is 60.6 Å². The molecule has 108 valence electrons. The highest BCUT2D eigenvalue weighted by molar-refractivity contribution is 4.84. The van der Waals surface area contributed by atoms with Crippen molar-refractivity contribution in [3.8, 4) is 0 Å². The average Bonchev–Trinajstić information content (AvgIpc) is 2.36. The highest BCUT2D eigenvalue weighted by Crippen LogP contribution is 2.14. The summed E-state index contributed by atoms with van der Waals surface area (Å²) in [6.07, 6.45) is 2.44. The van der Waals surface area contributed by atoms with Crippen molar-refractivity contribution in [1.29, 1.82) is 0 Å². The van der Waals surface area contributed by atoms with Crippen LogP contribution in [0.2, 0.25) is 0 Å². The van der Waals surface area contributed by atoms with E-state index in [2.05, 4.69) is 56.8 Å². The molecule has 2 atom stereocenters. The molecule has 0 saturated carbocycles. The molecule has 1 aliphatic rings. The van der Waals surface area contributed by atoms with Crippen molar-refractivity contribution in [1.82, 2.24) is 15.1 Å². The van der Waals surface area contributed by atoms with Crippen molar-refractivity contribution in [3.63, 3.8) is 0 Å². The van der Waals surface area contributed by atoms with E-state index in [1.807, 2.05) is 0 Å². The maximum atomic E-state index is 3.69. The molecule has 0 aromatic carbocycles. The van der Waals surface area contributed by atoms with Gasteiger partial charge in [0.15, 0.2) is 0 Å². The number of hydrogen-bond acceptors (Lipinski definition) is 3. The molecule has 18 heavy (non-hydrogen) atoms. The van der Waals surface area contributed by atoms with E-state index >= 15 is 0 Å². The summed E-state index contributed by atoms with van der Waals surface area (Å²) in [5.74, 6) is 0. The molecule has 0 aliphatic carbocycles. The second kappa shape index (κ2) is 6.88. The molecule has 1 aliphatic heterocycles. The van der Waals surface area contributed by atoms with Gasteiger partial charge in [0.05, 0.1) is 0 Å². The van der Waals surface area contributed by atoms with E-state index < -0.39 is 0 Å². The Bertz CT molecular complexity index is 240. The zero-order valence-corrected chi connectivity index (χ0v) is 13.3. The van der Waals surface area contributed by atoms with Gasteiger partial charge in [-0.3, -0.25) is 4.90 Å². The van der Waals surface area contributed by atoms with Crippen LogP contribution in [-0.2, 0) is 0 Å². The summed E-state index contributed by atoms with van der Waals surface area (Å²) in [5, 5.41) is 3.69. The van der Waals surface area contributed by atoms with Crippen LogP contribution in [0.4, 0.5) is 0 Å². The third-order valence-corrected chi connectivity index (χ3v) is 4.66. The van der Waals surface area contributed by atoms with Gasteiger partial charge in [0.2, 0.25) is 0 Å². The monoisotopic (exact) mass is 255 g/mol. The van der Waals surface area contributed by atoms with Gasteiger partial charge in [-0.15, -0.1) is 0 Å². The maximum absolute atomic E-state index is 3.69. The Hall–Kier alpha value is -0.120. The zero-order chi connectivity index (χ0) is 13.8. The number of nitrogens with one attached hydrogen (secondary N) is 1. The molecule has 3 nitrogen and oxygen atoms in total. The van der Waals surface area contributed by atoms with Crippen molar-refractivity contribution < 1.29 is 0 Å². The summed E-state index contributed by atoms with van der Waals surface area (Å²) >= 11 is 0. The second-order valence-corrected chi connectivity index (χ2v) is 6.50. The molecule has 1 heterocycles. The van der Waals surface area contributed by atoms with Gasteiger partial charge in [-0.1, -0.05) is 13.8 Å². The Morgan fingerprint density at radius 2 is 1.94 bits per heavy atom. The quantitative estimate of drug-likeness (QED) is 0.785. The molecule has 0 amide bonds. The summed E-state index contributed by atoms with van der Waals surface area (Å²) < 4.78 is 0. The third kappa shape index (κ3) is 4.52. The van der Waals surface area contributed by atoms with Crippen molar-refractivity contribution in [2.75, 3.05) is 33.2 Å². The fourth-order valence-electron chi connectivity index (χ4n) is 2.49. The van der Waals surface area contributed by atoms with Gasteiger partial charge in [0.1, 0.15) is 0 Å². The molecule has 3 heteroatoms. The topological polar surface area (TPSA) is 18.5 Å². The van der Waals surface area contributed by atoms with Gasteiger partial charge in [-0.25, -0.2) is 0 Å². The van der Waals surface area contributed by atoms with Crippen LogP contribution in [0.3, 0.4) is 0 Å². The van der Waals surface area contributed by atoms with E-state index in [0.717, 1.165) is 12.6 Å². The van der Waals surface area contributed by atoms with E-state index in [0.29, 0.717) is 6.04 Å². The van der Waals surface area contributed by atoms with E-state index in [4.69, 9.17) is 0 Å². The first kappa shape index (κ1) is 15.9. The third-order valence-electron chi connectivity index (χ3n) is 4.66. The van der Waals surface area contributed by atoms with Crippen LogP contribution in [0.5, 0.6) is 0 Å². The smallest absolute Gasteiger partial charge is 0.0218 e. The fraction of sp³-hybridized carbons (Fsp3) is 1.00. The zero-order valence-electron chi connectivity index (χ0n) is 13.3. The first-order valence-electron chi connectivity index (χ1n) is 7.59. The molecule has 1 saturated heterocycles. The Morgan fingerprint density at radius 1 is 1.28 bits per heavy atom. The van der Waals surface area contributed by atoms with Crippen molar-refractivity contribution in [2.24, 2.45) is 0 Å². The second-order valence-electron chi connectivity index (χ2n) is 6.50. The Kier molecular flexibility index (Phi) is 6.09. The first-order chi connectivity index (χ1) is 8.39. The van der Waals surface area contributed by atoms with Crippen molar-refractivity contribution >= 4 is 0 Å². The molecule has 1 N–H and O–H groups in total. The average molecular weight is 255 g/mol. The molecular formula is C15H33N3. The Morgan fingerprint density at radius 3 is 2.50 bits per heavy atom. The number of piperazine rings is 1. The number of nitrogens with zero attached hydrogens (tertiary/aromatic N) is 2. The highest BCUT2D eigenvalue weighted by atomic mass is 15.3. The van der Waals surface area contributed by atoms with Crippen molar-refractivity contribution in [2.45, 2.75) is 65.1 Å². The molecule has 0 spiro atoms. The van der Waals surface area contributed by atoms with Crippen molar-refractivity contribution in [3.05, 3.63) is 0 Å². The molecular weight excluding hydrogens is 222 g/mol. The molecule has 1 fully saturated rings. The van der Waals surface area contributed by atoms with Gasteiger partial charge < -0.3 is 10.2 Å². The fourth-order valence-corrected chi connectivity index (χ4v) is 2.49. The van der Waals surface area contributed by atoms with Gasteiger partial charge in [0.25, 0.3) is 0 Å². The lowest BCUT2D eigenvalue weighted by molar-refractivity contribution is 0.0651. The lowest BCUT2D eigenvalue weighted by Gasteiger charge is -2.42. The van der Waals surface area contributed by atoms with Gasteiger partial charge in [-0.2, -0.15) is 0 Å². The molecule has 0 radical (unpaired) electrons. The minimum atomic E-state index is 0.269. The first-order valence-corrected chi connectivity index (χ1v) is 7.59. The number of likely N-dealkylation sites (N-methyl/N-ethyl adjacent to an activating group) is 1. The van der Waals surface area contributed by atoms with Crippen LogP contribution >= 0.6 is 0 Å². The summed E-state index contributed by atoms with van der Waals surface area (Å²) in [6, 6.07) is 1.37.